The summed E-state index contributed by atoms with van der Waals surface area (Å²) in [4.78, 5) is 0.144. The van der Waals surface area contributed by atoms with E-state index in [4.69, 9.17) is 17.3 Å². The normalized spacial score (nSPS) is 11.3. The second kappa shape index (κ2) is 5.63. The van der Waals surface area contributed by atoms with Gasteiger partial charge in [0.25, 0.3) is 10.0 Å². The zero-order chi connectivity index (χ0) is 14.9. The molecule has 7 heteroatoms. The fourth-order valence-corrected chi connectivity index (χ4v) is 3.79. The van der Waals surface area contributed by atoms with Crippen molar-refractivity contribution in [3.8, 4) is 0 Å². The first-order valence-corrected chi connectivity index (χ1v) is 8.29. The van der Waals surface area contributed by atoms with E-state index in [0.29, 0.717) is 20.9 Å². The first-order valence-electron chi connectivity index (χ1n) is 5.63. The number of nitrogen functional groups attached to an aromatic ring is 1. The fourth-order valence-electron chi connectivity index (χ4n) is 1.71. The number of halogens is 2. The van der Waals surface area contributed by atoms with E-state index in [1.54, 1.807) is 19.1 Å². The summed E-state index contributed by atoms with van der Waals surface area (Å²) in [6.45, 7) is 1.78. The van der Waals surface area contributed by atoms with Gasteiger partial charge in [0, 0.05) is 15.2 Å². The molecule has 0 aliphatic carbocycles. The van der Waals surface area contributed by atoms with Crippen molar-refractivity contribution in [1.82, 2.24) is 0 Å². The summed E-state index contributed by atoms with van der Waals surface area (Å²) in [6, 6.07) is 9.30. The largest absolute Gasteiger partial charge is 0.399 e. The third kappa shape index (κ3) is 3.26. The van der Waals surface area contributed by atoms with Crippen LogP contribution in [0.25, 0.3) is 0 Å². The summed E-state index contributed by atoms with van der Waals surface area (Å²) in [5.74, 6) is 0. The Morgan fingerprint density at radius 2 is 1.80 bits per heavy atom. The second-order valence-electron chi connectivity index (χ2n) is 4.25. The number of sulfonamides is 1. The Kier molecular flexibility index (Phi) is 4.27. The highest BCUT2D eigenvalue weighted by Gasteiger charge is 2.17. The monoisotopic (exact) mass is 374 g/mol. The van der Waals surface area contributed by atoms with Crippen molar-refractivity contribution in [2.75, 3.05) is 10.5 Å². The quantitative estimate of drug-likeness (QED) is 0.802. The van der Waals surface area contributed by atoms with Crippen molar-refractivity contribution in [1.29, 1.82) is 0 Å². The third-order valence-electron chi connectivity index (χ3n) is 2.67. The van der Waals surface area contributed by atoms with Gasteiger partial charge in [0.2, 0.25) is 0 Å². The molecule has 0 saturated heterocycles. The number of aryl methyl sites for hydroxylation is 1. The van der Waals surface area contributed by atoms with Crippen molar-refractivity contribution in [3.05, 3.63) is 51.5 Å². The highest BCUT2D eigenvalue weighted by atomic mass is 79.9. The summed E-state index contributed by atoms with van der Waals surface area (Å²) >= 11 is 9.06. The lowest BCUT2D eigenvalue weighted by atomic mass is 10.2. The van der Waals surface area contributed by atoms with Gasteiger partial charge < -0.3 is 5.73 Å². The maximum atomic E-state index is 12.3. The van der Waals surface area contributed by atoms with Crippen molar-refractivity contribution >= 4 is 48.9 Å². The summed E-state index contributed by atoms with van der Waals surface area (Å²) < 4.78 is 27.7. The van der Waals surface area contributed by atoms with E-state index in [0.717, 1.165) is 5.56 Å². The molecule has 0 aliphatic rings. The lowest BCUT2D eigenvalue weighted by molar-refractivity contribution is 0.601. The Hall–Kier alpha value is -1.24. The molecular weight excluding hydrogens is 364 g/mol. The Morgan fingerprint density at radius 3 is 2.35 bits per heavy atom. The topological polar surface area (TPSA) is 72.2 Å². The zero-order valence-corrected chi connectivity index (χ0v) is 13.7. The van der Waals surface area contributed by atoms with E-state index in [1.807, 2.05) is 0 Å². The Balaban J connectivity index is 2.41. The van der Waals surface area contributed by atoms with Gasteiger partial charge in [0.1, 0.15) is 0 Å². The van der Waals surface area contributed by atoms with Crippen LogP contribution in [0.4, 0.5) is 11.4 Å². The number of benzene rings is 2. The van der Waals surface area contributed by atoms with Gasteiger partial charge in [0.05, 0.1) is 10.6 Å². The van der Waals surface area contributed by atoms with Crippen LogP contribution in [0.1, 0.15) is 5.56 Å². The molecule has 0 unspecified atom stereocenters. The highest BCUT2D eigenvalue weighted by molar-refractivity contribution is 9.10. The van der Waals surface area contributed by atoms with Gasteiger partial charge >= 0.3 is 0 Å². The lowest BCUT2D eigenvalue weighted by Gasteiger charge is -2.13. The van der Waals surface area contributed by atoms with Crippen LogP contribution in [0.3, 0.4) is 0 Å². The van der Waals surface area contributed by atoms with E-state index >= 15 is 0 Å². The third-order valence-corrected chi connectivity index (χ3v) is 4.91. The van der Waals surface area contributed by atoms with E-state index in [9.17, 15) is 8.42 Å². The number of hydrogen-bond donors (Lipinski definition) is 2. The smallest absolute Gasteiger partial charge is 0.261 e. The molecule has 0 atom stereocenters. The molecule has 0 radical (unpaired) electrons. The van der Waals surface area contributed by atoms with Gasteiger partial charge in [0.15, 0.2) is 0 Å². The average Bonchev–Trinajstić information content (AvgIpc) is 2.34. The lowest BCUT2D eigenvalue weighted by Crippen LogP contribution is -2.14. The van der Waals surface area contributed by atoms with Crippen LogP contribution in [0.2, 0.25) is 5.02 Å². The van der Waals surface area contributed by atoms with Gasteiger partial charge in [-0.25, -0.2) is 8.42 Å². The molecule has 2 aromatic carbocycles. The highest BCUT2D eigenvalue weighted by Crippen LogP contribution is 2.31. The number of nitrogens with one attached hydrogen (secondary N) is 1. The van der Waals surface area contributed by atoms with Crippen LogP contribution in [-0.2, 0) is 10.0 Å². The molecule has 0 saturated carbocycles. The minimum Gasteiger partial charge on any atom is -0.399 e. The van der Waals surface area contributed by atoms with Crippen LogP contribution in [0.5, 0.6) is 0 Å². The molecule has 0 aliphatic heterocycles. The van der Waals surface area contributed by atoms with Crippen molar-refractivity contribution < 1.29 is 8.42 Å². The maximum Gasteiger partial charge on any atom is 0.261 e. The molecule has 106 valence electrons. The van der Waals surface area contributed by atoms with Gasteiger partial charge in [-0.15, -0.1) is 0 Å². The van der Waals surface area contributed by atoms with Gasteiger partial charge in [-0.2, -0.15) is 0 Å². The molecule has 3 N–H and O–H groups in total. The summed E-state index contributed by atoms with van der Waals surface area (Å²) in [7, 11) is -3.67. The second-order valence-corrected chi connectivity index (χ2v) is 7.23. The SMILES string of the molecule is Cc1cc(N)cc(Br)c1NS(=O)(=O)c1ccc(Cl)cc1. The van der Waals surface area contributed by atoms with E-state index in [1.165, 1.54) is 24.3 Å². The molecule has 0 bridgehead atoms. The molecule has 2 rings (SSSR count). The van der Waals surface area contributed by atoms with E-state index in [-0.39, 0.29) is 4.90 Å². The zero-order valence-electron chi connectivity index (χ0n) is 10.5. The number of nitrogens with two attached hydrogens (primary N) is 1. The molecule has 4 nitrogen and oxygen atoms in total. The van der Waals surface area contributed by atoms with Crippen molar-refractivity contribution in [2.45, 2.75) is 11.8 Å². The minimum absolute atomic E-state index is 0.144. The van der Waals surface area contributed by atoms with Gasteiger partial charge in [-0.05, 0) is 64.8 Å². The van der Waals surface area contributed by atoms with Gasteiger partial charge in [-0.3, -0.25) is 4.72 Å². The van der Waals surface area contributed by atoms with Crippen LogP contribution >= 0.6 is 27.5 Å². The molecule has 0 fully saturated rings. The molecule has 2 aromatic rings. The van der Waals surface area contributed by atoms with Crippen LogP contribution < -0.4 is 10.5 Å². The maximum absolute atomic E-state index is 12.3. The molecular formula is C13H12BrClN2O2S. The predicted octanol–water partition coefficient (Wildman–Crippen LogP) is 3.79. The number of hydrogen-bond acceptors (Lipinski definition) is 3. The Morgan fingerprint density at radius 1 is 1.20 bits per heavy atom. The number of anilines is 2. The van der Waals surface area contributed by atoms with Crippen LogP contribution in [0, 0.1) is 6.92 Å². The average molecular weight is 376 g/mol. The first kappa shape index (κ1) is 15.2. The predicted molar refractivity (Wildman–Crippen MR) is 85.6 cm³/mol. The minimum atomic E-state index is -3.67. The summed E-state index contributed by atoms with van der Waals surface area (Å²) in [5, 5.41) is 0.480. The first-order chi connectivity index (χ1) is 9.29. The van der Waals surface area contributed by atoms with Crippen molar-refractivity contribution in [2.24, 2.45) is 0 Å². The fraction of sp³-hybridized carbons (Fsp3) is 0.0769. The summed E-state index contributed by atoms with van der Waals surface area (Å²) in [6.07, 6.45) is 0. The van der Waals surface area contributed by atoms with E-state index < -0.39 is 10.0 Å². The van der Waals surface area contributed by atoms with Gasteiger partial charge in [-0.1, -0.05) is 11.6 Å². The van der Waals surface area contributed by atoms with Crippen molar-refractivity contribution in [3.63, 3.8) is 0 Å². The Bertz CT molecular complexity index is 722. The molecule has 0 aromatic heterocycles. The summed E-state index contributed by atoms with van der Waals surface area (Å²) in [5.41, 5.74) is 7.45. The van der Waals surface area contributed by atoms with Crippen LogP contribution in [0.15, 0.2) is 45.8 Å². The molecule has 0 amide bonds. The molecule has 0 spiro atoms. The van der Waals surface area contributed by atoms with E-state index in [2.05, 4.69) is 20.7 Å². The Labute approximate surface area is 131 Å². The number of rotatable bonds is 3. The molecule has 20 heavy (non-hydrogen) atoms. The molecule has 0 heterocycles. The van der Waals surface area contributed by atoms with Crippen LogP contribution in [-0.4, -0.2) is 8.42 Å². The standard InChI is InChI=1S/C13H12BrClN2O2S/c1-8-6-10(16)7-12(14)13(8)17-20(18,19)11-4-2-9(15)3-5-11/h2-7,17H,16H2,1H3.